The summed E-state index contributed by atoms with van der Waals surface area (Å²) in [6, 6.07) is 0.717. The fraction of sp³-hybridized carbons (Fsp3) is 0.867. The maximum Gasteiger partial charge on any atom is 0.410 e. The maximum atomic E-state index is 12.1. The molecule has 2 aliphatic rings. The van der Waals surface area contributed by atoms with E-state index in [1.165, 1.54) is 0 Å². The summed E-state index contributed by atoms with van der Waals surface area (Å²) in [7, 11) is 0. The molecule has 0 aromatic rings. The first-order chi connectivity index (χ1) is 9.64. The van der Waals surface area contributed by atoms with E-state index in [9.17, 15) is 4.79 Å². The van der Waals surface area contributed by atoms with Gasteiger partial charge in [0.25, 0.3) is 5.97 Å². The molecule has 2 heterocycles. The van der Waals surface area contributed by atoms with Gasteiger partial charge in [-0.05, 0) is 58.9 Å². The summed E-state index contributed by atoms with van der Waals surface area (Å²) in [5.74, 6) is -0.244. The fourth-order valence-electron chi connectivity index (χ4n) is 3.09. The molecule has 0 aromatic carbocycles. The number of nitrogens with two attached hydrogens (primary N) is 1. The van der Waals surface area contributed by atoms with Gasteiger partial charge in [-0.2, -0.15) is 0 Å². The quantitative estimate of drug-likeness (QED) is 0.774. The van der Waals surface area contributed by atoms with Crippen LogP contribution in [0.1, 0.15) is 53.4 Å². The minimum Gasteiger partial charge on any atom is -0.481 e. The SMILES string of the molecule is CC(=O)O.CC(C)(C)OC(=O)N1[C@@H]2CC[C@H]1CC(CN)C2. The Kier molecular flexibility index (Phi) is 6.01. The Bertz CT molecular complexity index is 360. The summed E-state index contributed by atoms with van der Waals surface area (Å²) >= 11 is 0. The smallest absolute Gasteiger partial charge is 0.410 e. The topological polar surface area (TPSA) is 92.9 Å². The van der Waals surface area contributed by atoms with Crippen molar-refractivity contribution in [1.82, 2.24) is 4.90 Å². The molecular weight excluding hydrogens is 272 g/mol. The number of aliphatic carboxylic acids is 1. The van der Waals surface area contributed by atoms with Crippen LogP contribution in [0.4, 0.5) is 4.79 Å². The molecule has 2 saturated heterocycles. The van der Waals surface area contributed by atoms with E-state index in [1.807, 2.05) is 25.7 Å². The number of rotatable bonds is 1. The summed E-state index contributed by atoms with van der Waals surface area (Å²) in [5.41, 5.74) is 5.34. The Morgan fingerprint density at radius 2 is 1.67 bits per heavy atom. The lowest BCUT2D eigenvalue weighted by Crippen LogP contribution is -2.49. The van der Waals surface area contributed by atoms with E-state index < -0.39 is 11.6 Å². The average Bonchev–Trinajstić information content (AvgIpc) is 2.57. The number of carboxylic acids is 1. The van der Waals surface area contributed by atoms with E-state index in [2.05, 4.69) is 0 Å². The number of amides is 1. The van der Waals surface area contributed by atoms with Gasteiger partial charge in [-0.15, -0.1) is 0 Å². The minimum absolute atomic E-state index is 0.138. The Morgan fingerprint density at radius 3 is 2.00 bits per heavy atom. The summed E-state index contributed by atoms with van der Waals surface area (Å²) in [6.07, 6.45) is 4.18. The zero-order chi connectivity index (χ0) is 16.2. The highest BCUT2D eigenvalue weighted by Crippen LogP contribution is 2.39. The van der Waals surface area contributed by atoms with E-state index in [0.29, 0.717) is 18.0 Å². The van der Waals surface area contributed by atoms with Crippen molar-refractivity contribution in [3.8, 4) is 0 Å². The van der Waals surface area contributed by atoms with Crippen LogP contribution < -0.4 is 5.73 Å². The van der Waals surface area contributed by atoms with Crippen molar-refractivity contribution in [1.29, 1.82) is 0 Å². The predicted molar refractivity (Wildman–Crippen MR) is 80.0 cm³/mol. The van der Waals surface area contributed by atoms with Gasteiger partial charge in [-0.3, -0.25) is 4.79 Å². The van der Waals surface area contributed by atoms with Gasteiger partial charge in [0.1, 0.15) is 5.60 Å². The van der Waals surface area contributed by atoms with E-state index in [0.717, 1.165) is 39.2 Å². The number of carboxylic acid groups (broad SMARTS) is 1. The summed E-state index contributed by atoms with van der Waals surface area (Å²) < 4.78 is 5.48. The van der Waals surface area contributed by atoms with Crippen molar-refractivity contribution in [2.24, 2.45) is 11.7 Å². The Labute approximate surface area is 126 Å². The molecule has 6 nitrogen and oxygen atoms in total. The number of fused-ring (bicyclic) bond motifs is 2. The standard InChI is InChI=1S/C13H24N2O2.C2H4O2/c1-13(2,3)17-12(16)15-10-4-5-11(15)7-9(6-10)8-14;1-2(3)4/h9-11H,4-8,14H2,1-3H3;1H3,(H,3,4)/t9?,10-,11+;. The summed E-state index contributed by atoms with van der Waals surface area (Å²) in [6.45, 7) is 7.58. The van der Waals surface area contributed by atoms with Gasteiger partial charge < -0.3 is 20.5 Å². The number of carbonyl (C=O) groups is 2. The van der Waals surface area contributed by atoms with Crippen LogP contribution in [-0.4, -0.2) is 46.3 Å². The first-order valence-corrected chi connectivity index (χ1v) is 7.55. The van der Waals surface area contributed by atoms with Crippen molar-refractivity contribution in [2.75, 3.05) is 6.54 Å². The highest BCUT2D eigenvalue weighted by Gasteiger charge is 2.44. The van der Waals surface area contributed by atoms with Crippen LogP contribution in [-0.2, 0) is 9.53 Å². The third kappa shape index (κ3) is 5.53. The van der Waals surface area contributed by atoms with Crippen molar-refractivity contribution < 1.29 is 19.4 Å². The molecule has 2 rings (SSSR count). The highest BCUT2D eigenvalue weighted by molar-refractivity contribution is 5.69. The molecule has 0 spiro atoms. The molecule has 1 unspecified atom stereocenters. The second-order valence-corrected chi connectivity index (χ2v) is 6.86. The van der Waals surface area contributed by atoms with Gasteiger partial charge in [0, 0.05) is 19.0 Å². The van der Waals surface area contributed by atoms with Gasteiger partial charge in [0.2, 0.25) is 0 Å². The van der Waals surface area contributed by atoms with Gasteiger partial charge in [0.15, 0.2) is 0 Å². The third-order valence-corrected chi connectivity index (χ3v) is 3.77. The second-order valence-electron chi connectivity index (χ2n) is 6.86. The largest absolute Gasteiger partial charge is 0.481 e. The number of piperidine rings is 1. The number of carbonyl (C=O) groups excluding carboxylic acids is 1. The van der Waals surface area contributed by atoms with E-state index in [-0.39, 0.29) is 6.09 Å². The molecule has 21 heavy (non-hydrogen) atoms. The molecule has 122 valence electrons. The molecule has 1 amide bonds. The van der Waals surface area contributed by atoms with Gasteiger partial charge in [-0.1, -0.05) is 0 Å². The first-order valence-electron chi connectivity index (χ1n) is 7.55. The van der Waals surface area contributed by atoms with E-state index >= 15 is 0 Å². The van der Waals surface area contributed by atoms with Crippen LogP contribution in [0.15, 0.2) is 0 Å². The van der Waals surface area contributed by atoms with Crippen LogP contribution in [0, 0.1) is 5.92 Å². The Morgan fingerprint density at radius 1 is 1.24 bits per heavy atom. The lowest BCUT2D eigenvalue weighted by atomic mass is 9.91. The molecular formula is C15H28N2O4. The van der Waals surface area contributed by atoms with Crippen molar-refractivity contribution in [3.05, 3.63) is 0 Å². The molecule has 2 bridgehead atoms. The van der Waals surface area contributed by atoms with Crippen LogP contribution >= 0.6 is 0 Å². The van der Waals surface area contributed by atoms with Crippen molar-refractivity contribution in [2.45, 2.75) is 71.1 Å². The lowest BCUT2D eigenvalue weighted by Gasteiger charge is -2.39. The first kappa shape index (κ1) is 17.8. The Balaban J connectivity index is 0.000000491. The molecule has 2 fully saturated rings. The molecule has 0 radical (unpaired) electrons. The van der Waals surface area contributed by atoms with Gasteiger partial charge in [-0.25, -0.2) is 4.79 Å². The molecule has 0 saturated carbocycles. The van der Waals surface area contributed by atoms with Crippen LogP contribution in [0.3, 0.4) is 0 Å². The molecule has 3 N–H and O–H groups in total. The summed E-state index contributed by atoms with van der Waals surface area (Å²) in [5, 5.41) is 7.42. The lowest BCUT2D eigenvalue weighted by molar-refractivity contribution is -0.134. The fourth-order valence-corrected chi connectivity index (χ4v) is 3.09. The summed E-state index contributed by atoms with van der Waals surface area (Å²) in [4.78, 5) is 23.1. The van der Waals surface area contributed by atoms with E-state index in [1.54, 1.807) is 0 Å². The zero-order valence-corrected chi connectivity index (χ0v) is 13.5. The number of hydrogen-bond acceptors (Lipinski definition) is 4. The van der Waals surface area contributed by atoms with Crippen molar-refractivity contribution in [3.63, 3.8) is 0 Å². The second kappa shape index (κ2) is 7.11. The molecule has 3 atom stereocenters. The zero-order valence-electron chi connectivity index (χ0n) is 13.5. The average molecular weight is 300 g/mol. The van der Waals surface area contributed by atoms with Gasteiger partial charge >= 0.3 is 6.09 Å². The van der Waals surface area contributed by atoms with E-state index in [4.69, 9.17) is 20.4 Å². The number of ether oxygens (including phenoxy) is 1. The van der Waals surface area contributed by atoms with Crippen LogP contribution in [0.25, 0.3) is 0 Å². The number of nitrogens with zero attached hydrogens (tertiary/aromatic N) is 1. The minimum atomic E-state index is -0.833. The molecule has 6 heteroatoms. The van der Waals surface area contributed by atoms with Crippen LogP contribution in [0.2, 0.25) is 0 Å². The van der Waals surface area contributed by atoms with Crippen LogP contribution in [0.5, 0.6) is 0 Å². The molecule has 2 aliphatic heterocycles. The monoisotopic (exact) mass is 300 g/mol. The van der Waals surface area contributed by atoms with Crippen molar-refractivity contribution >= 4 is 12.1 Å². The highest BCUT2D eigenvalue weighted by atomic mass is 16.6. The predicted octanol–water partition coefficient (Wildman–Crippen LogP) is 2.21. The third-order valence-electron chi connectivity index (χ3n) is 3.77. The normalized spacial score (nSPS) is 27.7. The maximum absolute atomic E-state index is 12.1. The van der Waals surface area contributed by atoms with Gasteiger partial charge in [0.05, 0.1) is 0 Å². The number of hydrogen-bond donors (Lipinski definition) is 2. The molecule has 0 aliphatic carbocycles. The Hall–Kier alpha value is -1.30. The molecule has 0 aromatic heterocycles.